The smallest absolute Gasteiger partial charge is 0.305 e. The lowest BCUT2D eigenvalue weighted by atomic mass is 10.0. The van der Waals surface area contributed by atoms with Crippen molar-refractivity contribution in [1.82, 2.24) is 0 Å². The van der Waals surface area contributed by atoms with Gasteiger partial charge in [-0.2, -0.15) is 0 Å². The summed E-state index contributed by atoms with van der Waals surface area (Å²) >= 11 is 0. The Labute approximate surface area is 282 Å². The summed E-state index contributed by atoms with van der Waals surface area (Å²) in [5, 5.41) is 8.64. The van der Waals surface area contributed by atoms with Crippen molar-refractivity contribution >= 4 is 11.9 Å². The molecule has 0 saturated heterocycles. The Balaban J connectivity index is 3.14. The first kappa shape index (κ1) is 43.9. The summed E-state index contributed by atoms with van der Waals surface area (Å²) in [4.78, 5) is 22.4. The van der Waals surface area contributed by atoms with Crippen LogP contribution in [0, 0.1) is 0 Å². The van der Waals surface area contributed by atoms with Crippen molar-refractivity contribution < 1.29 is 19.4 Å². The molecule has 4 nitrogen and oxygen atoms in total. The van der Waals surface area contributed by atoms with Gasteiger partial charge in [0.1, 0.15) is 0 Å². The Morgan fingerprint density at radius 3 is 0.889 bits per heavy atom. The summed E-state index contributed by atoms with van der Waals surface area (Å²) in [5.41, 5.74) is 0. The number of ether oxygens (including phenoxy) is 1. The highest BCUT2D eigenvalue weighted by atomic mass is 16.5. The molecular weight excluding hydrogens is 556 g/mol. The fourth-order valence-corrected chi connectivity index (χ4v) is 6.46. The van der Waals surface area contributed by atoms with Gasteiger partial charge < -0.3 is 9.84 Å². The van der Waals surface area contributed by atoms with Crippen molar-refractivity contribution in [3.8, 4) is 0 Å². The van der Waals surface area contributed by atoms with Crippen LogP contribution in [0.1, 0.15) is 244 Å². The monoisotopic (exact) mass is 637 g/mol. The largest absolute Gasteiger partial charge is 0.481 e. The minimum Gasteiger partial charge on any atom is -0.481 e. The molecule has 0 saturated carbocycles. The van der Waals surface area contributed by atoms with E-state index in [1.165, 1.54) is 199 Å². The van der Waals surface area contributed by atoms with E-state index < -0.39 is 5.97 Å². The first-order chi connectivity index (χ1) is 22.2. The number of esters is 1. The molecule has 0 atom stereocenters. The van der Waals surface area contributed by atoms with Gasteiger partial charge in [-0.15, -0.1) is 0 Å². The Morgan fingerprint density at radius 2 is 0.600 bits per heavy atom. The molecule has 1 N–H and O–H groups in total. The molecule has 0 aromatic heterocycles. The van der Waals surface area contributed by atoms with Gasteiger partial charge in [0.05, 0.1) is 6.61 Å². The Bertz CT molecular complexity index is 590. The Kier molecular flexibility index (Phi) is 38.2. The summed E-state index contributed by atoms with van der Waals surface area (Å²) in [5.74, 6) is -0.639. The first-order valence-electron chi connectivity index (χ1n) is 20.5. The van der Waals surface area contributed by atoms with Gasteiger partial charge in [0.25, 0.3) is 0 Å². The summed E-state index contributed by atoms with van der Waals surface area (Å²) in [7, 11) is 0. The van der Waals surface area contributed by atoms with Gasteiger partial charge in [0, 0.05) is 12.8 Å². The van der Waals surface area contributed by atoms with E-state index in [1.54, 1.807) is 0 Å². The summed E-state index contributed by atoms with van der Waals surface area (Å²) in [6.07, 6.45) is 47.0. The standard InChI is InChI=1S/C41H80O4/c1-2-3-4-5-6-7-8-19-23-26-29-32-35-38-41(44)45-39-36-33-30-27-24-21-18-16-14-12-10-9-11-13-15-17-20-22-25-28-31-34-37-40(42)43/h2-39H2,1H3,(H,42,43). The number of unbranched alkanes of at least 4 members (excludes halogenated alkanes) is 33. The third-order valence-electron chi connectivity index (χ3n) is 9.53. The van der Waals surface area contributed by atoms with Gasteiger partial charge in [-0.3, -0.25) is 9.59 Å². The highest BCUT2D eigenvalue weighted by molar-refractivity contribution is 5.69. The quantitative estimate of drug-likeness (QED) is 0.0538. The minimum atomic E-state index is -0.657. The van der Waals surface area contributed by atoms with Crippen molar-refractivity contribution in [3.63, 3.8) is 0 Å². The molecule has 0 heterocycles. The molecule has 0 spiro atoms. The van der Waals surface area contributed by atoms with E-state index in [0.717, 1.165) is 25.7 Å². The van der Waals surface area contributed by atoms with Crippen LogP contribution in [-0.2, 0) is 14.3 Å². The highest BCUT2D eigenvalue weighted by Gasteiger charge is 2.03. The number of hydrogen-bond acceptors (Lipinski definition) is 3. The molecule has 0 aliphatic heterocycles. The molecular formula is C41H80O4. The fraction of sp³-hybridized carbons (Fsp3) is 0.951. The molecule has 0 radical (unpaired) electrons. The van der Waals surface area contributed by atoms with E-state index in [1.807, 2.05) is 0 Å². The lowest BCUT2D eigenvalue weighted by Crippen LogP contribution is -2.05. The van der Waals surface area contributed by atoms with Gasteiger partial charge in [-0.05, 0) is 19.3 Å². The third-order valence-corrected chi connectivity index (χ3v) is 9.53. The number of rotatable bonds is 39. The molecule has 0 aliphatic carbocycles. The zero-order chi connectivity index (χ0) is 32.7. The normalized spacial score (nSPS) is 11.3. The minimum absolute atomic E-state index is 0.0176. The van der Waals surface area contributed by atoms with Gasteiger partial charge >= 0.3 is 11.9 Å². The van der Waals surface area contributed by atoms with Crippen molar-refractivity contribution in [2.24, 2.45) is 0 Å². The second kappa shape index (κ2) is 39.1. The van der Waals surface area contributed by atoms with Crippen molar-refractivity contribution in [1.29, 1.82) is 0 Å². The Hall–Kier alpha value is -1.06. The number of carbonyl (C=O) groups excluding carboxylic acids is 1. The maximum absolute atomic E-state index is 11.9. The third kappa shape index (κ3) is 40.9. The van der Waals surface area contributed by atoms with Crippen LogP contribution in [0.4, 0.5) is 0 Å². The van der Waals surface area contributed by atoms with Crippen LogP contribution in [0.3, 0.4) is 0 Å². The van der Waals surface area contributed by atoms with E-state index in [-0.39, 0.29) is 5.97 Å². The zero-order valence-corrected chi connectivity index (χ0v) is 30.5. The second-order valence-corrected chi connectivity index (χ2v) is 14.1. The van der Waals surface area contributed by atoms with Crippen LogP contribution in [0.25, 0.3) is 0 Å². The predicted octanol–water partition coefficient (Wildman–Crippen LogP) is 14.1. The number of hydrogen-bond donors (Lipinski definition) is 1. The van der Waals surface area contributed by atoms with Crippen LogP contribution >= 0.6 is 0 Å². The maximum atomic E-state index is 11.9. The van der Waals surface area contributed by atoms with Crippen LogP contribution < -0.4 is 0 Å². The van der Waals surface area contributed by atoms with Gasteiger partial charge in [0.15, 0.2) is 0 Å². The molecule has 0 rings (SSSR count). The average molecular weight is 637 g/mol. The van der Waals surface area contributed by atoms with E-state index >= 15 is 0 Å². The first-order valence-corrected chi connectivity index (χ1v) is 20.5. The number of carboxylic acids is 1. The zero-order valence-electron chi connectivity index (χ0n) is 30.5. The molecule has 0 aliphatic rings. The topological polar surface area (TPSA) is 63.6 Å². The van der Waals surface area contributed by atoms with Crippen molar-refractivity contribution in [2.45, 2.75) is 244 Å². The maximum Gasteiger partial charge on any atom is 0.305 e. The summed E-state index contributed by atoms with van der Waals surface area (Å²) in [6.45, 7) is 2.90. The van der Waals surface area contributed by atoms with Gasteiger partial charge in [-0.1, -0.05) is 212 Å². The number of carbonyl (C=O) groups is 2. The Morgan fingerprint density at radius 1 is 0.356 bits per heavy atom. The SMILES string of the molecule is CCCCCCCCCCCCCCCC(=O)OCCCCCCCCCCCCCCCCCCCCCCCCC(=O)O. The van der Waals surface area contributed by atoms with Crippen molar-refractivity contribution in [2.75, 3.05) is 6.61 Å². The number of carboxylic acid groups (broad SMARTS) is 1. The fourth-order valence-electron chi connectivity index (χ4n) is 6.46. The molecule has 45 heavy (non-hydrogen) atoms. The van der Waals surface area contributed by atoms with E-state index in [4.69, 9.17) is 9.84 Å². The van der Waals surface area contributed by atoms with E-state index in [2.05, 4.69) is 6.92 Å². The van der Waals surface area contributed by atoms with Crippen molar-refractivity contribution in [3.05, 3.63) is 0 Å². The lowest BCUT2D eigenvalue weighted by molar-refractivity contribution is -0.144. The van der Waals surface area contributed by atoms with E-state index in [9.17, 15) is 9.59 Å². The highest BCUT2D eigenvalue weighted by Crippen LogP contribution is 2.16. The van der Waals surface area contributed by atoms with Crippen LogP contribution in [-0.4, -0.2) is 23.7 Å². The molecule has 4 heteroatoms. The molecule has 0 aromatic carbocycles. The molecule has 0 aromatic rings. The van der Waals surface area contributed by atoms with Crippen LogP contribution in [0.15, 0.2) is 0 Å². The molecule has 0 unspecified atom stereocenters. The summed E-state index contributed by atoms with van der Waals surface area (Å²) < 4.78 is 5.45. The average Bonchev–Trinajstić information content (AvgIpc) is 3.03. The summed E-state index contributed by atoms with van der Waals surface area (Å²) in [6, 6.07) is 0. The molecule has 0 bridgehead atoms. The van der Waals surface area contributed by atoms with Gasteiger partial charge in [0.2, 0.25) is 0 Å². The van der Waals surface area contributed by atoms with Crippen LogP contribution in [0.2, 0.25) is 0 Å². The molecule has 0 fully saturated rings. The van der Waals surface area contributed by atoms with E-state index in [0.29, 0.717) is 19.4 Å². The number of aliphatic carboxylic acids is 1. The second-order valence-electron chi connectivity index (χ2n) is 14.1. The van der Waals surface area contributed by atoms with Crippen LogP contribution in [0.5, 0.6) is 0 Å². The molecule has 0 amide bonds. The predicted molar refractivity (Wildman–Crippen MR) is 195 cm³/mol. The lowest BCUT2D eigenvalue weighted by Gasteiger charge is -2.06. The molecule has 268 valence electrons. The van der Waals surface area contributed by atoms with Gasteiger partial charge in [-0.25, -0.2) is 0 Å².